The van der Waals surface area contributed by atoms with Crippen molar-refractivity contribution in [1.29, 1.82) is 0 Å². The molecule has 2 aromatic carbocycles. The molecule has 2 saturated heterocycles. The number of carbonyl (C=O) groups excluding carboxylic acids is 1. The van der Waals surface area contributed by atoms with Gasteiger partial charge in [-0.05, 0) is 63.1 Å². The summed E-state index contributed by atoms with van der Waals surface area (Å²) in [5.74, 6) is 1.34. The van der Waals surface area contributed by atoms with Crippen LogP contribution in [0.5, 0.6) is 11.5 Å². The van der Waals surface area contributed by atoms with Crippen molar-refractivity contribution in [2.75, 3.05) is 39.9 Å². The summed E-state index contributed by atoms with van der Waals surface area (Å²) in [6.07, 6.45) is 4.80. The molecule has 0 spiro atoms. The van der Waals surface area contributed by atoms with E-state index in [4.69, 9.17) is 15.2 Å². The van der Waals surface area contributed by atoms with E-state index < -0.39 is 5.60 Å². The van der Waals surface area contributed by atoms with Crippen molar-refractivity contribution in [2.24, 2.45) is 11.7 Å². The molecule has 2 fully saturated rings. The summed E-state index contributed by atoms with van der Waals surface area (Å²) >= 11 is 0. The third-order valence-electron chi connectivity index (χ3n) is 7.69. The number of ether oxygens (including phenoxy) is 2. The van der Waals surface area contributed by atoms with E-state index in [9.17, 15) is 9.90 Å². The predicted octanol–water partition coefficient (Wildman–Crippen LogP) is 4.66. The van der Waals surface area contributed by atoms with E-state index in [1.54, 1.807) is 7.11 Å². The Bertz CT molecular complexity index is 1020. The number of likely N-dealkylation sites (tertiary alicyclic amines) is 2. The molecule has 3 atom stereocenters. The van der Waals surface area contributed by atoms with Crippen LogP contribution < -0.4 is 10.5 Å². The van der Waals surface area contributed by atoms with Crippen molar-refractivity contribution >= 4 is 6.03 Å². The molecule has 7 nitrogen and oxygen atoms in total. The maximum atomic E-state index is 13.3. The Morgan fingerprint density at radius 2 is 1.75 bits per heavy atom. The maximum Gasteiger partial charge on any atom is 0.320 e. The van der Waals surface area contributed by atoms with Gasteiger partial charge in [-0.2, -0.15) is 0 Å². The fraction of sp³-hybridized carbons (Fsp3) is 0.552. The smallest absolute Gasteiger partial charge is 0.320 e. The summed E-state index contributed by atoms with van der Waals surface area (Å²) in [4.78, 5) is 17.0. The number of urea groups is 1. The van der Waals surface area contributed by atoms with Crippen LogP contribution in [-0.4, -0.2) is 66.9 Å². The molecule has 36 heavy (non-hydrogen) atoms. The molecular formula is C29H41N3O4. The lowest BCUT2D eigenvalue weighted by Gasteiger charge is -2.44. The summed E-state index contributed by atoms with van der Waals surface area (Å²) in [5.41, 5.74) is 6.75. The number of rotatable bonds is 9. The number of unbranched alkanes of at least 4 members (excludes halogenated alkanes) is 1. The fourth-order valence-corrected chi connectivity index (χ4v) is 5.60. The number of nitrogens with two attached hydrogens (primary N) is 1. The van der Waals surface area contributed by atoms with E-state index in [0.29, 0.717) is 45.0 Å². The Balaban J connectivity index is 1.61. The van der Waals surface area contributed by atoms with E-state index in [1.165, 1.54) is 0 Å². The van der Waals surface area contributed by atoms with Crippen LogP contribution in [0.25, 0.3) is 0 Å². The molecule has 3 N–H and O–H groups in total. The Hall–Kier alpha value is -2.61. The molecule has 2 amide bonds. The molecule has 2 aliphatic rings. The van der Waals surface area contributed by atoms with Crippen molar-refractivity contribution in [3.63, 3.8) is 0 Å². The molecular weight excluding hydrogens is 454 g/mol. The third-order valence-corrected chi connectivity index (χ3v) is 7.69. The SMILES string of the molecule is COCCCC[C@@](O)(c1ccccc1Oc1ccccc1C)C1CCCN(C(=O)N2CCC(N)C2)C1. The highest BCUT2D eigenvalue weighted by atomic mass is 16.5. The minimum Gasteiger partial charge on any atom is -0.457 e. The van der Waals surface area contributed by atoms with E-state index in [0.717, 1.165) is 49.0 Å². The van der Waals surface area contributed by atoms with Gasteiger partial charge >= 0.3 is 6.03 Å². The van der Waals surface area contributed by atoms with Crippen molar-refractivity contribution in [3.8, 4) is 11.5 Å². The Morgan fingerprint density at radius 3 is 2.47 bits per heavy atom. The van der Waals surface area contributed by atoms with Crippen LogP contribution in [0.1, 0.15) is 49.7 Å². The zero-order valence-electron chi connectivity index (χ0n) is 21.7. The van der Waals surface area contributed by atoms with Gasteiger partial charge in [0.05, 0.1) is 5.60 Å². The van der Waals surface area contributed by atoms with Crippen LogP contribution in [-0.2, 0) is 10.3 Å². The van der Waals surface area contributed by atoms with Gasteiger partial charge in [0.15, 0.2) is 0 Å². The van der Waals surface area contributed by atoms with Gasteiger partial charge in [0.1, 0.15) is 11.5 Å². The maximum absolute atomic E-state index is 13.3. The summed E-state index contributed by atoms with van der Waals surface area (Å²) in [6.45, 7) is 5.21. The molecule has 2 heterocycles. The van der Waals surface area contributed by atoms with Crippen LogP contribution in [0.3, 0.4) is 0 Å². The number of piperidine rings is 1. The van der Waals surface area contributed by atoms with Gasteiger partial charge in [-0.1, -0.05) is 36.4 Å². The highest BCUT2D eigenvalue weighted by Crippen LogP contribution is 2.44. The average Bonchev–Trinajstić information content (AvgIpc) is 3.34. The third kappa shape index (κ3) is 6.02. The number of hydrogen-bond donors (Lipinski definition) is 2. The molecule has 2 unspecified atom stereocenters. The number of methoxy groups -OCH3 is 1. The van der Waals surface area contributed by atoms with Gasteiger partial charge in [-0.3, -0.25) is 0 Å². The monoisotopic (exact) mass is 495 g/mol. The first-order valence-electron chi connectivity index (χ1n) is 13.3. The Morgan fingerprint density at radius 1 is 1.03 bits per heavy atom. The quantitative estimate of drug-likeness (QED) is 0.494. The molecule has 0 aromatic heterocycles. The van der Waals surface area contributed by atoms with E-state index in [-0.39, 0.29) is 18.0 Å². The predicted molar refractivity (Wildman–Crippen MR) is 141 cm³/mol. The van der Waals surface area contributed by atoms with Gasteiger partial charge < -0.3 is 30.1 Å². The molecule has 196 valence electrons. The number of amides is 2. The number of hydrogen-bond acceptors (Lipinski definition) is 5. The number of aryl methyl sites for hydroxylation is 1. The molecule has 0 bridgehead atoms. The van der Waals surface area contributed by atoms with Crippen LogP contribution in [0.4, 0.5) is 4.79 Å². The lowest BCUT2D eigenvalue weighted by molar-refractivity contribution is -0.0586. The van der Waals surface area contributed by atoms with Gasteiger partial charge in [0, 0.05) is 57.4 Å². The minimum absolute atomic E-state index is 0.0406. The van der Waals surface area contributed by atoms with Gasteiger partial charge in [-0.25, -0.2) is 4.79 Å². The van der Waals surface area contributed by atoms with Crippen molar-refractivity contribution in [2.45, 2.75) is 57.1 Å². The molecule has 7 heteroatoms. The highest BCUT2D eigenvalue weighted by Gasteiger charge is 2.43. The average molecular weight is 496 g/mol. The molecule has 4 rings (SSSR count). The molecule has 2 aliphatic heterocycles. The van der Waals surface area contributed by atoms with Crippen molar-refractivity contribution in [1.82, 2.24) is 9.80 Å². The lowest BCUT2D eigenvalue weighted by atomic mass is 9.73. The van der Waals surface area contributed by atoms with E-state index >= 15 is 0 Å². The second-order valence-corrected chi connectivity index (χ2v) is 10.3. The zero-order chi connectivity index (χ0) is 25.5. The number of aliphatic hydroxyl groups is 1. The van der Waals surface area contributed by atoms with E-state index in [1.807, 2.05) is 65.3 Å². The second-order valence-electron chi connectivity index (χ2n) is 10.3. The molecule has 0 saturated carbocycles. The zero-order valence-corrected chi connectivity index (χ0v) is 21.7. The van der Waals surface area contributed by atoms with Gasteiger partial charge in [0.2, 0.25) is 0 Å². The van der Waals surface area contributed by atoms with Crippen LogP contribution in [0.2, 0.25) is 0 Å². The first-order chi connectivity index (χ1) is 17.4. The number of para-hydroxylation sites is 2. The Kier molecular flexibility index (Phi) is 8.88. The fourth-order valence-electron chi connectivity index (χ4n) is 5.60. The molecule has 0 aliphatic carbocycles. The number of carbonyl (C=O) groups is 1. The van der Waals surface area contributed by atoms with Gasteiger partial charge in [-0.15, -0.1) is 0 Å². The normalized spacial score (nSPS) is 21.9. The highest BCUT2D eigenvalue weighted by molar-refractivity contribution is 5.75. The van der Waals surface area contributed by atoms with Crippen molar-refractivity contribution in [3.05, 3.63) is 59.7 Å². The first kappa shape index (κ1) is 26.5. The summed E-state index contributed by atoms with van der Waals surface area (Å²) in [6, 6.07) is 15.8. The van der Waals surface area contributed by atoms with Crippen LogP contribution >= 0.6 is 0 Å². The largest absolute Gasteiger partial charge is 0.457 e. The molecule has 2 aromatic rings. The van der Waals surface area contributed by atoms with Crippen LogP contribution in [0.15, 0.2) is 48.5 Å². The van der Waals surface area contributed by atoms with E-state index in [2.05, 4.69) is 0 Å². The Labute approximate surface area is 215 Å². The summed E-state index contributed by atoms with van der Waals surface area (Å²) in [7, 11) is 1.70. The minimum atomic E-state index is -1.13. The second kappa shape index (κ2) is 12.1. The standard InChI is InChI=1S/C29H41N3O4/c1-22-10-3-5-13-26(22)36-27-14-6-4-12-25(27)29(34,16-7-8-19-35-2)23-11-9-17-31(20-23)28(33)32-18-15-24(30)21-32/h3-6,10,12-14,23-24,34H,7-9,11,15-21,30H2,1-2H3/t23?,24?,29-/m0/s1. The number of nitrogens with zero attached hydrogens (tertiary/aromatic N) is 2. The first-order valence-corrected chi connectivity index (χ1v) is 13.3. The summed E-state index contributed by atoms with van der Waals surface area (Å²) < 4.78 is 11.6. The van der Waals surface area contributed by atoms with Crippen molar-refractivity contribution < 1.29 is 19.4 Å². The van der Waals surface area contributed by atoms with Gasteiger partial charge in [0.25, 0.3) is 0 Å². The number of benzene rings is 2. The van der Waals surface area contributed by atoms with Crippen LogP contribution in [0, 0.1) is 12.8 Å². The lowest BCUT2D eigenvalue weighted by Crippen LogP contribution is -2.51. The molecule has 0 radical (unpaired) electrons. The topological polar surface area (TPSA) is 88.3 Å². The summed E-state index contributed by atoms with van der Waals surface area (Å²) in [5, 5.41) is 12.4.